The van der Waals surface area contributed by atoms with Crippen LogP contribution in [-0.2, 0) is 0 Å². The number of nitrogens with one attached hydrogen (secondary N) is 1. The van der Waals surface area contributed by atoms with E-state index < -0.39 is 0 Å². The van der Waals surface area contributed by atoms with Gasteiger partial charge in [0.2, 0.25) is 0 Å². The highest BCUT2D eigenvalue weighted by molar-refractivity contribution is 4.76. The maximum atomic E-state index is 3.53. The summed E-state index contributed by atoms with van der Waals surface area (Å²) in [6.07, 6.45) is 3.85. The lowest BCUT2D eigenvalue weighted by atomic mass is 9.92. The SMILES string of the molecule is CCCCN(CC)CC(C)(C)CNCCC. The average Bonchev–Trinajstić information content (AvgIpc) is 2.24. The molecule has 0 amide bonds. The first-order chi connectivity index (χ1) is 7.55. The van der Waals surface area contributed by atoms with Gasteiger partial charge < -0.3 is 10.2 Å². The highest BCUT2D eigenvalue weighted by Gasteiger charge is 2.20. The summed E-state index contributed by atoms with van der Waals surface area (Å²) in [5.74, 6) is 0. The molecule has 0 spiro atoms. The van der Waals surface area contributed by atoms with Crippen molar-refractivity contribution in [2.24, 2.45) is 5.41 Å². The van der Waals surface area contributed by atoms with E-state index in [0.717, 1.165) is 13.1 Å². The summed E-state index contributed by atoms with van der Waals surface area (Å²) in [5, 5.41) is 3.53. The fraction of sp³-hybridized carbons (Fsp3) is 1.00. The Labute approximate surface area is 103 Å². The molecule has 1 N–H and O–H groups in total. The standard InChI is InChI=1S/C14H32N2/c1-6-9-11-16(8-3)13-14(4,5)12-15-10-7-2/h15H,6-13H2,1-5H3. The highest BCUT2D eigenvalue weighted by atomic mass is 15.1. The van der Waals surface area contributed by atoms with Crippen LogP contribution in [0.15, 0.2) is 0 Å². The number of unbranched alkanes of at least 4 members (excludes halogenated alkanes) is 1. The van der Waals surface area contributed by atoms with Crippen molar-refractivity contribution in [2.45, 2.75) is 53.9 Å². The molecule has 2 heteroatoms. The van der Waals surface area contributed by atoms with Gasteiger partial charge in [0.05, 0.1) is 0 Å². The summed E-state index contributed by atoms with van der Waals surface area (Å²) < 4.78 is 0. The molecule has 0 heterocycles. The molecule has 0 fully saturated rings. The Bertz CT molecular complexity index is 155. The largest absolute Gasteiger partial charge is 0.316 e. The first-order valence-corrected chi connectivity index (χ1v) is 6.98. The number of hydrogen-bond acceptors (Lipinski definition) is 2. The molecule has 0 saturated heterocycles. The topological polar surface area (TPSA) is 15.3 Å². The van der Waals surface area contributed by atoms with E-state index in [-0.39, 0.29) is 0 Å². The summed E-state index contributed by atoms with van der Waals surface area (Å²) in [6.45, 7) is 17.4. The molecular weight excluding hydrogens is 196 g/mol. The van der Waals surface area contributed by atoms with Crippen LogP contribution in [-0.4, -0.2) is 37.6 Å². The Kier molecular flexibility index (Phi) is 8.96. The molecule has 0 saturated carbocycles. The maximum absolute atomic E-state index is 3.53. The third-order valence-corrected chi connectivity index (χ3v) is 2.96. The van der Waals surface area contributed by atoms with Crippen LogP contribution >= 0.6 is 0 Å². The minimum absolute atomic E-state index is 0.388. The molecule has 0 unspecified atom stereocenters. The minimum atomic E-state index is 0.388. The first kappa shape index (κ1) is 15.9. The molecule has 0 atom stereocenters. The summed E-state index contributed by atoms with van der Waals surface area (Å²) in [4.78, 5) is 2.58. The molecule has 16 heavy (non-hydrogen) atoms. The van der Waals surface area contributed by atoms with Gasteiger partial charge in [-0.3, -0.25) is 0 Å². The minimum Gasteiger partial charge on any atom is -0.316 e. The van der Waals surface area contributed by atoms with E-state index in [2.05, 4.69) is 44.8 Å². The molecule has 0 aromatic carbocycles. The van der Waals surface area contributed by atoms with Crippen molar-refractivity contribution in [1.29, 1.82) is 0 Å². The van der Waals surface area contributed by atoms with E-state index in [1.54, 1.807) is 0 Å². The molecule has 0 aliphatic heterocycles. The van der Waals surface area contributed by atoms with E-state index in [1.807, 2.05) is 0 Å². The molecule has 98 valence electrons. The lowest BCUT2D eigenvalue weighted by Crippen LogP contribution is -2.41. The van der Waals surface area contributed by atoms with Crippen LogP contribution < -0.4 is 5.32 Å². The van der Waals surface area contributed by atoms with Crippen molar-refractivity contribution in [2.75, 3.05) is 32.7 Å². The second-order valence-corrected chi connectivity index (χ2v) is 5.56. The Balaban J connectivity index is 3.89. The summed E-state index contributed by atoms with van der Waals surface area (Å²) in [5.41, 5.74) is 0.388. The third-order valence-electron chi connectivity index (χ3n) is 2.96. The van der Waals surface area contributed by atoms with Crippen molar-refractivity contribution in [3.8, 4) is 0 Å². The second-order valence-electron chi connectivity index (χ2n) is 5.56. The predicted octanol–water partition coefficient (Wildman–Crippen LogP) is 3.13. The molecule has 0 rings (SSSR count). The lowest BCUT2D eigenvalue weighted by Gasteiger charge is -2.32. The predicted molar refractivity (Wildman–Crippen MR) is 74.0 cm³/mol. The second kappa shape index (κ2) is 9.00. The summed E-state index contributed by atoms with van der Waals surface area (Å²) >= 11 is 0. The van der Waals surface area contributed by atoms with Crippen LogP contribution in [0.3, 0.4) is 0 Å². The van der Waals surface area contributed by atoms with Gasteiger partial charge in [-0.15, -0.1) is 0 Å². The van der Waals surface area contributed by atoms with Gasteiger partial charge >= 0.3 is 0 Å². The molecule has 0 bridgehead atoms. The Morgan fingerprint density at radius 3 is 2.25 bits per heavy atom. The van der Waals surface area contributed by atoms with Crippen molar-refractivity contribution < 1.29 is 0 Å². The quantitative estimate of drug-likeness (QED) is 0.578. The Morgan fingerprint density at radius 1 is 1.06 bits per heavy atom. The third kappa shape index (κ3) is 8.12. The van der Waals surface area contributed by atoms with Gasteiger partial charge in [0.25, 0.3) is 0 Å². The average molecular weight is 228 g/mol. The molecule has 0 aliphatic carbocycles. The smallest absolute Gasteiger partial charge is 0.00447 e. The maximum Gasteiger partial charge on any atom is 0.00447 e. The van der Waals surface area contributed by atoms with Gasteiger partial charge in [-0.25, -0.2) is 0 Å². The van der Waals surface area contributed by atoms with E-state index in [0.29, 0.717) is 5.41 Å². The van der Waals surface area contributed by atoms with E-state index in [4.69, 9.17) is 0 Å². The van der Waals surface area contributed by atoms with Crippen LogP contribution in [0.2, 0.25) is 0 Å². The first-order valence-electron chi connectivity index (χ1n) is 6.98. The van der Waals surface area contributed by atoms with E-state index >= 15 is 0 Å². The normalized spacial score (nSPS) is 12.4. The van der Waals surface area contributed by atoms with Crippen LogP contribution in [0.25, 0.3) is 0 Å². The zero-order chi connectivity index (χ0) is 12.4. The van der Waals surface area contributed by atoms with Gasteiger partial charge in [-0.1, -0.05) is 41.0 Å². The van der Waals surface area contributed by atoms with Gasteiger partial charge in [0, 0.05) is 13.1 Å². The molecular formula is C14H32N2. The molecule has 0 radical (unpaired) electrons. The number of rotatable bonds is 10. The fourth-order valence-corrected chi connectivity index (χ4v) is 2.00. The molecule has 0 aromatic heterocycles. The van der Waals surface area contributed by atoms with Crippen LogP contribution in [0.1, 0.15) is 53.9 Å². The van der Waals surface area contributed by atoms with Crippen molar-refractivity contribution in [3.63, 3.8) is 0 Å². The summed E-state index contributed by atoms with van der Waals surface area (Å²) in [6, 6.07) is 0. The van der Waals surface area contributed by atoms with E-state index in [1.165, 1.54) is 38.9 Å². The van der Waals surface area contributed by atoms with Crippen LogP contribution in [0.5, 0.6) is 0 Å². The number of hydrogen-bond donors (Lipinski definition) is 1. The highest BCUT2D eigenvalue weighted by Crippen LogP contribution is 2.16. The van der Waals surface area contributed by atoms with Crippen LogP contribution in [0.4, 0.5) is 0 Å². The monoisotopic (exact) mass is 228 g/mol. The fourth-order valence-electron chi connectivity index (χ4n) is 2.00. The van der Waals surface area contributed by atoms with Crippen molar-refractivity contribution in [3.05, 3.63) is 0 Å². The number of nitrogens with zero attached hydrogens (tertiary/aromatic N) is 1. The Morgan fingerprint density at radius 2 is 1.75 bits per heavy atom. The van der Waals surface area contributed by atoms with Gasteiger partial charge in [-0.2, -0.15) is 0 Å². The van der Waals surface area contributed by atoms with Gasteiger partial charge in [0.15, 0.2) is 0 Å². The molecule has 2 nitrogen and oxygen atoms in total. The zero-order valence-corrected chi connectivity index (χ0v) is 12.1. The van der Waals surface area contributed by atoms with Crippen LogP contribution in [0, 0.1) is 5.41 Å². The van der Waals surface area contributed by atoms with Gasteiger partial charge in [0.1, 0.15) is 0 Å². The Hall–Kier alpha value is -0.0800. The van der Waals surface area contributed by atoms with Gasteiger partial charge in [-0.05, 0) is 37.9 Å². The van der Waals surface area contributed by atoms with Crippen molar-refractivity contribution >= 4 is 0 Å². The van der Waals surface area contributed by atoms with Crippen molar-refractivity contribution in [1.82, 2.24) is 10.2 Å². The molecule has 0 aromatic rings. The lowest BCUT2D eigenvalue weighted by molar-refractivity contribution is 0.179. The zero-order valence-electron chi connectivity index (χ0n) is 12.1. The van der Waals surface area contributed by atoms with E-state index in [9.17, 15) is 0 Å². The molecule has 0 aliphatic rings. The summed E-state index contributed by atoms with van der Waals surface area (Å²) in [7, 11) is 0.